The zero-order chi connectivity index (χ0) is 45.3. The third-order valence-electron chi connectivity index (χ3n) is 11.3. The number of aromatic nitrogens is 4. The molecule has 0 aliphatic carbocycles. The topological polar surface area (TPSA) is 175 Å². The highest BCUT2D eigenvalue weighted by Gasteiger charge is 2.28. The maximum Gasteiger partial charge on any atom is 0.407 e. The van der Waals surface area contributed by atoms with Crippen LogP contribution in [0.4, 0.5) is 21.2 Å². The fourth-order valence-electron chi connectivity index (χ4n) is 7.92. The molecule has 2 atom stereocenters. The molecule has 4 heterocycles. The van der Waals surface area contributed by atoms with Crippen molar-refractivity contribution in [2.24, 2.45) is 23.7 Å². The predicted octanol–water partition coefficient (Wildman–Crippen LogP) is 9.46. The highest BCUT2D eigenvalue weighted by atomic mass is 35.5. The molecule has 0 saturated carbocycles. The van der Waals surface area contributed by atoms with Crippen LogP contribution in [0.1, 0.15) is 51.7 Å². The monoisotopic (exact) mass is 904 g/mol. The smallest absolute Gasteiger partial charge is 0.407 e. The number of halogens is 1. The zero-order valence-corrected chi connectivity index (χ0v) is 38.9. The minimum atomic E-state index is -0.359. The van der Waals surface area contributed by atoms with Gasteiger partial charge in [0.15, 0.2) is 11.6 Å². The number of aromatic hydroxyl groups is 2. The molecule has 0 bridgehead atoms. The number of hydrogen-bond acceptors (Lipinski definition) is 12. The summed E-state index contributed by atoms with van der Waals surface area (Å²) in [5.41, 5.74) is 5.17. The van der Waals surface area contributed by atoms with Gasteiger partial charge < -0.3 is 40.1 Å². The summed E-state index contributed by atoms with van der Waals surface area (Å²) in [6.45, 7) is 17.4. The number of phenols is 2. The molecule has 0 unspecified atom stereocenters. The summed E-state index contributed by atoms with van der Waals surface area (Å²) < 4.78 is 10.4. The van der Waals surface area contributed by atoms with Crippen LogP contribution in [0.5, 0.6) is 11.5 Å². The number of alkyl carbamates (subject to hydrolysis) is 2. The van der Waals surface area contributed by atoms with E-state index in [1.165, 1.54) is 0 Å². The fourth-order valence-corrected chi connectivity index (χ4v) is 7.92. The first-order valence-electron chi connectivity index (χ1n) is 22.3. The maximum atomic E-state index is 11.9. The van der Waals surface area contributed by atoms with Crippen LogP contribution >= 0.6 is 12.4 Å². The molecule has 4 aromatic carbocycles. The molecule has 15 heteroatoms. The SMILES string of the molecule is Cc1ccc2c(N3CC[C@@H](CNC(=O)OCC(C)C)C3)nc(-c3ccccc3O)nc2c1.Cc1ccc2c(N3CC[C@@H](CNC(=O)OCC(C)C)C3)nc(-c3ccccc3O)nc2c1.Cl. The maximum absolute atomic E-state index is 11.9. The Hall–Kier alpha value is -6.41. The third kappa shape index (κ3) is 12.4. The number of hydrogen-bond donors (Lipinski definition) is 4. The number of para-hydroxylation sites is 2. The first kappa shape index (κ1) is 48.1. The molecule has 0 spiro atoms. The first-order valence-corrected chi connectivity index (χ1v) is 22.3. The Bertz CT molecular complexity index is 2420. The summed E-state index contributed by atoms with van der Waals surface area (Å²) >= 11 is 0. The number of phenolic OH excluding ortho intramolecular Hbond substituents is 2. The van der Waals surface area contributed by atoms with Crippen LogP contribution in [0.15, 0.2) is 84.9 Å². The standard InChI is InChI=1S/2C25H30N4O3.ClH/c2*1-16(2)15-32-25(31)26-13-18-10-11-29(14-18)24-19-9-8-17(3)12-21(19)27-23(28-24)20-6-4-5-7-22(20)30;/h2*4-9,12,16,18,30H,10-11,13-15H2,1-3H3,(H,26,31);1H/t2*18-;/m00./s1. The Morgan fingerprint density at radius 2 is 1.03 bits per heavy atom. The van der Waals surface area contributed by atoms with Crippen molar-refractivity contribution in [1.29, 1.82) is 0 Å². The predicted molar refractivity (Wildman–Crippen MR) is 259 cm³/mol. The number of rotatable bonds is 12. The summed E-state index contributed by atoms with van der Waals surface area (Å²) in [5.74, 6) is 4.31. The number of carbonyl (C=O) groups excluding carboxylic acids is 2. The van der Waals surface area contributed by atoms with Gasteiger partial charge in [-0.3, -0.25) is 0 Å². The second-order valence-corrected chi connectivity index (χ2v) is 17.8. The average molecular weight is 906 g/mol. The van der Waals surface area contributed by atoms with Crippen molar-refractivity contribution in [2.45, 2.75) is 54.4 Å². The summed E-state index contributed by atoms with van der Waals surface area (Å²) in [5, 5.41) is 28.4. The summed E-state index contributed by atoms with van der Waals surface area (Å²) in [6.07, 6.45) is 1.19. The van der Waals surface area contributed by atoms with Gasteiger partial charge in [-0.2, -0.15) is 0 Å². The molecule has 2 aliphatic heterocycles. The number of nitrogens with one attached hydrogen (secondary N) is 2. The molecular formula is C50H61ClN8O6. The molecule has 0 radical (unpaired) electrons. The normalized spacial score (nSPS) is 15.8. The molecule has 2 aromatic heterocycles. The number of benzene rings is 4. The van der Waals surface area contributed by atoms with Crippen LogP contribution in [0.25, 0.3) is 44.6 Å². The highest BCUT2D eigenvalue weighted by Crippen LogP contribution is 2.36. The van der Waals surface area contributed by atoms with E-state index < -0.39 is 0 Å². The van der Waals surface area contributed by atoms with Gasteiger partial charge in [0.25, 0.3) is 0 Å². The lowest BCUT2D eigenvalue weighted by Gasteiger charge is -2.21. The number of anilines is 2. The number of carbonyl (C=O) groups is 2. The van der Waals surface area contributed by atoms with E-state index in [9.17, 15) is 19.8 Å². The zero-order valence-electron chi connectivity index (χ0n) is 38.1. The molecule has 4 N–H and O–H groups in total. The van der Waals surface area contributed by atoms with Gasteiger partial charge in [0.1, 0.15) is 23.1 Å². The molecule has 65 heavy (non-hydrogen) atoms. The largest absolute Gasteiger partial charge is 0.507 e. The highest BCUT2D eigenvalue weighted by molar-refractivity contribution is 5.93. The summed E-state index contributed by atoms with van der Waals surface area (Å²) in [7, 11) is 0. The van der Waals surface area contributed by atoms with E-state index in [1.54, 1.807) is 24.3 Å². The van der Waals surface area contributed by atoms with Gasteiger partial charge in [-0.25, -0.2) is 29.5 Å². The second-order valence-electron chi connectivity index (χ2n) is 17.8. The van der Waals surface area contributed by atoms with E-state index in [4.69, 9.17) is 29.4 Å². The molecule has 6 aromatic rings. The third-order valence-corrected chi connectivity index (χ3v) is 11.3. The lowest BCUT2D eigenvalue weighted by atomic mass is 10.1. The minimum absolute atomic E-state index is 0. The number of aryl methyl sites for hydroxylation is 2. The van der Waals surface area contributed by atoms with Crippen molar-refractivity contribution in [1.82, 2.24) is 30.6 Å². The Balaban J connectivity index is 0.000000212. The van der Waals surface area contributed by atoms with Crippen molar-refractivity contribution in [3.8, 4) is 34.3 Å². The van der Waals surface area contributed by atoms with Gasteiger partial charge >= 0.3 is 12.2 Å². The van der Waals surface area contributed by atoms with Crippen LogP contribution in [-0.2, 0) is 9.47 Å². The van der Waals surface area contributed by atoms with E-state index in [2.05, 4.69) is 44.7 Å². The Morgan fingerprint density at radius 1 is 0.631 bits per heavy atom. The quantitative estimate of drug-likeness (QED) is 0.0917. The number of amides is 2. The van der Waals surface area contributed by atoms with Crippen LogP contribution in [0, 0.1) is 37.5 Å². The van der Waals surface area contributed by atoms with Crippen molar-refractivity contribution in [2.75, 3.05) is 62.3 Å². The Morgan fingerprint density at radius 3 is 1.42 bits per heavy atom. The summed E-state index contributed by atoms with van der Waals surface area (Å²) in [6, 6.07) is 26.6. The van der Waals surface area contributed by atoms with Crippen LogP contribution in [0.3, 0.4) is 0 Å². The van der Waals surface area contributed by atoms with E-state index in [0.29, 0.717) is 72.8 Å². The summed E-state index contributed by atoms with van der Waals surface area (Å²) in [4.78, 5) is 47.5. The van der Waals surface area contributed by atoms with Crippen LogP contribution in [-0.4, -0.2) is 94.8 Å². The number of nitrogens with zero attached hydrogens (tertiary/aromatic N) is 6. The van der Waals surface area contributed by atoms with E-state index in [0.717, 1.165) is 83.6 Å². The lowest BCUT2D eigenvalue weighted by molar-refractivity contribution is 0.131. The molecule has 8 rings (SSSR count). The first-order chi connectivity index (χ1) is 30.8. The van der Waals surface area contributed by atoms with Crippen molar-refractivity contribution in [3.05, 3.63) is 96.1 Å². The van der Waals surface area contributed by atoms with E-state index in [1.807, 2.05) is 77.9 Å². The fraction of sp³-hybridized carbons (Fsp3) is 0.400. The number of fused-ring (bicyclic) bond motifs is 2. The average Bonchev–Trinajstić information content (AvgIpc) is 3.96. The van der Waals surface area contributed by atoms with Crippen molar-refractivity contribution in [3.63, 3.8) is 0 Å². The minimum Gasteiger partial charge on any atom is -0.507 e. The van der Waals surface area contributed by atoms with Crippen molar-refractivity contribution >= 4 is 58.0 Å². The Labute approximate surface area is 387 Å². The molecule has 344 valence electrons. The van der Waals surface area contributed by atoms with Gasteiger partial charge in [0, 0.05) is 50.0 Å². The number of ether oxygens (including phenoxy) is 2. The van der Waals surface area contributed by atoms with Crippen LogP contribution < -0.4 is 20.4 Å². The molecule has 2 aliphatic rings. The van der Waals surface area contributed by atoms with E-state index in [-0.39, 0.29) is 36.1 Å². The second kappa shape index (κ2) is 22.0. The van der Waals surface area contributed by atoms with E-state index >= 15 is 0 Å². The van der Waals surface area contributed by atoms with Gasteiger partial charge in [0.2, 0.25) is 0 Å². The van der Waals surface area contributed by atoms with Crippen LogP contribution in [0.2, 0.25) is 0 Å². The molecule has 2 amide bonds. The molecular weight excluding hydrogens is 844 g/mol. The molecule has 2 saturated heterocycles. The molecule has 2 fully saturated rings. The molecule has 14 nitrogen and oxygen atoms in total. The van der Waals surface area contributed by atoms with Crippen molar-refractivity contribution < 1.29 is 29.3 Å². The Kier molecular flexibility index (Phi) is 16.3. The van der Waals surface area contributed by atoms with Gasteiger partial charge in [-0.15, -0.1) is 12.4 Å². The van der Waals surface area contributed by atoms with Gasteiger partial charge in [-0.05, 0) is 110 Å². The van der Waals surface area contributed by atoms with Gasteiger partial charge in [-0.1, -0.05) is 64.1 Å². The van der Waals surface area contributed by atoms with Gasteiger partial charge in [0.05, 0.1) is 35.4 Å². The lowest BCUT2D eigenvalue weighted by Crippen LogP contribution is -2.32.